The van der Waals surface area contributed by atoms with Crippen molar-refractivity contribution >= 4 is 47.3 Å². The van der Waals surface area contributed by atoms with Gasteiger partial charge in [-0.3, -0.25) is 20.2 Å². The maximum atomic E-state index is 11.8. The molecule has 0 atom stereocenters. The van der Waals surface area contributed by atoms with Crippen molar-refractivity contribution in [2.75, 3.05) is 6.61 Å². The molecule has 1 aromatic carbocycles. The van der Waals surface area contributed by atoms with Crippen LogP contribution in [0.1, 0.15) is 26.3 Å². The van der Waals surface area contributed by atoms with Crippen molar-refractivity contribution in [3.8, 4) is 0 Å². The van der Waals surface area contributed by atoms with Gasteiger partial charge in [0.05, 0.1) is 27.1 Å². The van der Waals surface area contributed by atoms with Crippen LogP contribution in [-0.4, -0.2) is 23.0 Å². The molecule has 9 heteroatoms. The van der Waals surface area contributed by atoms with E-state index >= 15 is 0 Å². The second-order valence-electron chi connectivity index (χ2n) is 4.82. The number of rotatable bonds is 6. The van der Waals surface area contributed by atoms with Gasteiger partial charge in [0.15, 0.2) is 0 Å². The zero-order valence-corrected chi connectivity index (χ0v) is 14.6. The molecule has 1 aromatic rings. The monoisotopic (exact) mass is 370 g/mol. The lowest BCUT2D eigenvalue weighted by Crippen LogP contribution is -2.47. The Balaban J connectivity index is 0.00000441. The minimum Gasteiger partial charge on any atom is -0.465 e. The molecule has 0 saturated carbocycles. The zero-order valence-electron chi connectivity index (χ0n) is 12.3. The van der Waals surface area contributed by atoms with Gasteiger partial charge in [-0.25, -0.2) is 0 Å². The third-order valence-corrected chi connectivity index (χ3v) is 3.70. The lowest BCUT2D eigenvalue weighted by Gasteiger charge is -2.24. The number of ether oxygens (including phenoxy) is 1. The first-order chi connectivity index (χ1) is 9.70. The first-order valence-electron chi connectivity index (χ1n) is 6.24. The molecule has 1 N–H and O–H groups in total. The van der Waals surface area contributed by atoms with Crippen molar-refractivity contribution in [2.45, 2.75) is 32.9 Å². The van der Waals surface area contributed by atoms with Crippen molar-refractivity contribution in [1.29, 1.82) is 0 Å². The van der Waals surface area contributed by atoms with Crippen LogP contribution < -0.4 is 5.32 Å². The molecule has 0 aromatic heterocycles. The molecule has 0 unspecified atom stereocenters. The molecule has 0 aliphatic carbocycles. The van der Waals surface area contributed by atoms with E-state index in [0.29, 0.717) is 0 Å². The van der Waals surface area contributed by atoms with Crippen LogP contribution in [0, 0.1) is 10.1 Å². The Morgan fingerprint density at radius 3 is 2.50 bits per heavy atom. The number of carbonyl (C=O) groups excluding carboxylic acids is 1. The summed E-state index contributed by atoms with van der Waals surface area (Å²) in [5.41, 5.74) is -0.932. The number of nitro groups is 1. The average Bonchev–Trinajstić information content (AvgIpc) is 2.40. The van der Waals surface area contributed by atoms with Gasteiger partial charge in [-0.15, -0.1) is 12.4 Å². The Bertz CT molecular complexity index is 564. The highest BCUT2D eigenvalue weighted by molar-refractivity contribution is 6.42. The zero-order chi connectivity index (χ0) is 16.2. The van der Waals surface area contributed by atoms with Crippen LogP contribution in [0.25, 0.3) is 0 Å². The standard InChI is InChI=1S/C13H16Cl2N2O4.ClH/c1-4-21-12(18)13(2,3)16-7-8-10(17(19)20)6-5-9(14)11(8)15;/h5-6,16H,4,7H2,1-3H3;1H. The molecule has 0 saturated heterocycles. The maximum Gasteiger partial charge on any atom is 0.325 e. The number of benzene rings is 1. The van der Waals surface area contributed by atoms with Crippen molar-refractivity contribution in [1.82, 2.24) is 5.32 Å². The fourth-order valence-corrected chi connectivity index (χ4v) is 2.02. The molecular formula is C13H17Cl3N2O4. The fraction of sp³-hybridized carbons (Fsp3) is 0.462. The first kappa shape index (κ1) is 20.9. The normalized spacial score (nSPS) is 10.8. The van der Waals surface area contributed by atoms with Gasteiger partial charge in [0, 0.05) is 12.6 Å². The Kier molecular flexibility index (Phi) is 8.11. The van der Waals surface area contributed by atoms with Crippen LogP contribution in [-0.2, 0) is 16.1 Å². The molecule has 0 spiro atoms. The molecule has 6 nitrogen and oxygen atoms in total. The number of nitrogens with one attached hydrogen (secondary N) is 1. The third-order valence-electron chi connectivity index (χ3n) is 2.86. The highest BCUT2D eigenvalue weighted by Gasteiger charge is 2.30. The summed E-state index contributed by atoms with van der Waals surface area (Å²) in [5.74, 6) is -0.453. The van der Waals surface area contributed by atoms with E-state index in [1.807, 2.05) is 0 Å². The topological polar surface area (TPSA) is 81.5 Å². The molecular weight excluding hydrogens is 355 g/mol. The smallest absolute Gasteiger partial charge is 0.325 e. The Labute approximate surface area is 144 Å². The van der Waals surface area contributed by atoms with Gasteiger partial charge in [-0.05, 0) is 26.8 Å². The molecule has 22 heavy (non-hydrogen) atoms. The minimum atomic E-state index is -1.00. The minimum absolute atomic E-state index is 0. The highest BCUT2D eigenvalue weighted by atomic mass is 35.5. The summed E-state index contributed by atoms with van der Waals surface area (Å²) in [7, 11) is 0. The summed E-state index contributed by atoms with van der Waals surface area (Å²) in [6.07, 6.45) is 0. The number of hydrogen-bond acceptors (Lipinski definition) is 5. The molecule has 0 radical (unpaired) electrons. The van der Waals surface area contributed by atoms with E-state index in [1.165, 1.54) is 12.1 Å². The van der Waals surface area contributed by atoms with Gasteiger partial charge in [0.2, 0.25) is 0 Å². The van der Waals surface area contributed by atoms with E-state index < -0.39 is 16.4 Å². The molecule has 0 bridgehead atoms. The Morgan fingerprint density at radius 1 is 1.41 bits per heavy atom. The number of carbonyl (C=O) groups is 1. The Morgan fingerprint density at radius 2 is 2.00 bits per heavy atom. The maximum absolute atomic E-state index is 11.8. The SMILES string of the molecule is CCOC(=O)C(C)(C)NCc1c([N+](=O)[O-])ccc(Cl)c1Cl.Cl. The van der Waals surface area contributed by atoms with Crippen molar-refractivity contribution in [3.05, 3.63) is 37.9 Å². The van der Waals surface area contributed by atoms with Crippen molar-refractivity contribution < 1.29 is 14.5 Å². The van der Waals surface area contributed by atoms with E-state index in [0.717, 1.165) is 0 Å². The lowest BCUT2D eigenvalue weighted by atomic mass is 10.0. The number of nitrogens with zero attached hydrogens (tertiary/aromatic N) is 1. The average molecular weight is 372 g/mol. The number of esters is 1. The predicted molar refractivity (Wildman–Crippen MR) is 87.9 cm³/mol. The molecule has 0 heterocycles. The second kappa shape index (κ2) is 8.53. The number of halogens is 3. The van der Waals surface area contributed by atoms with Crippen LogP contribution in [0.4, 0.5) is 5.69 Å². The summed E-state index contributed by atoms with van der Waals surface area (Å²) in [6.45, 7) is 5.21. The first-order valence-corrected chi connectivity index (χ1v) is 6.99. The number of nitro benzene ring substituents is 1. The summed E-state index contributed by atoms with van der Waals surface area (Å²) in [6, 6.07) is 2.64. The fourth-order valence-electron chi connectivity index (χ4n) is 1.61. The number of hydrogen-bond donors (Lipinski definition) is 1. The molecule has 0 fully saturated rings. The van der Waals surface area contributed by atoms with E-state index in [1.54, 1.807) is 20.8 Å². The summed E-state index contributed by atoms with van der Waals surface area (Å²) >= 11 is 11.9. The summed E-state index contributed by atoms with van der Waals surface area (Å²) < 4.78 is 4.93. The molecule has 0 aliphatic heterocycles. The molecule has 0 amide bonds. The van der Waals surface area contributed by atoms with Gasteiger partial charge in [0.25, 0.3) is 5.69 Å². The van der Waals surface area contributed by atoms with E-state index in [2.05, 4.69) is 5.32 Å². The molecule has 124 valence electrons. The quantitative estimate of drug-likeness (QED) is 0.468. The second-order valence-corrected chi connectivity index (χ2v) is 5.60. The van der Waals surface area contributed by atoms with Gasteiger partial charge in [-0.1, -0.05) is 23.2 Å². The predicted octanol–water partition coefficient (Wildman–Crippen LogP) is 3.75. The summed E-state index contributed by atoms with van der Waals surface area (Å²) in [5, 5.41) is 14.2. The van der Waals surface area contributed by atoms with Crippen LogP contribution in [0.15, 0.2) is 12.1 Å². The largest absolute Gasteiger partial charge is 0.465 e. The van der Waals surface area contributed by atoms with Crippen molar-refractivity contribution in [2.24, 2.45) is 0 Å². The van der Waals surface area contributed by atoms with Gasteiger partial charge < -0.3 is 4.74 Å². The van der Waals surface area contributed by atoms with Crippen LogP contribution in [0.2, 0.25) is 10.0 Å². The summed E-state index contributed by atoms with van der Waals surface area (Å²) in [4.78, 5) is 22.3. The van der Waals surface area contributed by atoms with E-state index in [9.17, 15) is 14.9 Å². The third kappa shape index (κ3) is 4.98. The van der Waals surface area contributed by atoms with Crippen LogP contribution in [0.5, 0.6) is 0 Å². The Hall–Kier alpha value is -1.08. The van der Waals surface area contributed by atoms with E-state index in [-0.39, 0.29) is 46.9 Å². The van der Waals surface area contributed by atoms with Gasteiger partial charge in [-0.2, -0.15) is 0 Å². The van der Waals surface area contributed by atoms with Crippen LogP contribution >= 0.6 is 35.6 Å². The van der Waals surface area contributed by atoms with Gasteiger partial charge in [0.1, 0.15) is 5.54 Å². The van der Waals surface area contributed by atoms with Crippen molar-refractivity contribution in [3.63, 3.8) is 0 Å². The highest BCUT2D eigenvalue weighted by Crippen LogP contribution is 2.33. The van der Waals surface area contributed by atoms with E-state index in [4.69, 9.17) is 27.9 Å². The molecule has 0 aliphatic rings. The molecule has 1 rings (SSSR count). The van der Waals surface area contributed by atoms with Gasteiger partial charge >= 0.3 is 5.97 Å². The van der Waals surface area contributed by atoms with Crippen LogP contribution in [0.3, 0.4) is 0 Å². The lowest BCUT2D eigenvalue weighted by molar-refractivity contribution is -0.385.